The zero-order chi connectivity index (χ0) is 10.7. The van der Waals surface area contributed by atoms with E-state index in [2.05, 4.69) is 0 Å². The van der Waals surface area contributed by atoms with Crippen LogP contribution < -0.4 is 0 Å². The van der Waals surface area contributed by atoms with E-state index in [1.165, 1.54) is 12.1 Å². The molecule has 0 spiro atoms. The Hall–Kier alpha value is -0.640. The molecule has 0 aliphatic rings. The molecule has 78 valence electrons. The number of hydrogen-bond acceptors (Lipinski definition) is 2. The molecular weight excluding hydrogens is 205 g/mol. The van der Waals surface area contributed by atoms with E-state index in [9.17, 15) is 4.39 Å². The van der Waals surface area contributed by atoms with Crippen molar-refractivity contribution in [2.75, 3.05) is 20.7 Å². The molecule has 1 N–H and O–H groups in total. The van der Waals surface area contributed by atoms with Crippen LogP contribution in [0.5, 0.6) is 0 Å². The number of likely N-dealkylation sites (N-methyl/N-ethyl adjacent to an activating group) is 1. The van der Waals surface area contributed by atoms with Crippen LogP contribution in [0.2, 0.25) is 5.02 Å². The summed E-state index contributed by atoms with van der Waals surface area (Å²) < 4.78 is 13.1. The standard InChI is InChI=1S/C10H13ClFNO/c1-13(2)10(6-14)7-3-4-8(11)9(12)5-7/h3-5,10,14H,6H2,1-2H3. The van der Waals surface area contributed by atoms with Gasteiger partial charge in [-0.3, -0.25) is 0 Å². The van der Waals surface area contributed by atoms with Gasteiger partial charge in [-0.25, -0.2) is 4.39 Å². The molecule has 1 atom stereocenters. The third kappa shape index (κ3) is 2.44. The Morgan fingerprint density at radius 2 is 2.14 bits per heavy atom. The summed E-state index contributed by atoms with van der Waals surface area (Å²) >= 11 is 5.56. The quantitative estimate of drug-likeness (QED) is 0.838. The molecule has 0 saturated carbocycles. The summed E-state index contributed by atoms with van der Waals surface area (Å²) in [6.45, 7) is -0.0475. The van der Waals surface area contributed by atoms with E-state index < -0.39 is 5.82 Å². The van der Waals surface area contributed by atoms with Gasteiger partial charge >= 0.3 is 0 Å². The summed E-state index contributed by atoms with van der Waals surface area (Å²) in [5.74, 6) is -0.454. The van der Waals surface area contributed by atoms with Crippen LogP contribution in [0.4, 0.5) is 4.39 Å². The molecule has 0 radical (unpaired) electrons. The van der Waals surface area contributed by atoms with Crippen molar-refractivity contribution in [2.24, 2.45) is 0 Å². The maximum atomic E-state index is 13.1. The molecule has 0 bridgehead atoms. The average Bonchev–Trinajstić information content (AvgIpc) is 2.11. The molecular formula is C10H13ClFNO. The molecule has 0 aliphatic heterocycles. The number of hydrogen-bond donors (Lipinski definition) is 1. The second-order valence-electron chi connectivity index (χ2n) is 3.34. The van der Waals surface area contributed by atoms with Crippen LogP contribution in [-0.2, 0) is 0 Å². The number of aliphatic hydroxyl groups is 1. The molecule has 1 rings (SSSR count). The highest BCUT2D eigenvalue weighted by atomic mass is 35.5. The molecule has 2 nitrogen and oxygen atoms in total. The van der Waals surface area contributed by atoms with Gasteiger partial charge in [-0.1, -0.05) is 17.7 Å². The number of nitrogens with zero attached hydrogens (tertiary/aromatic N) is 1. The Morgan fingerprint density at radius 1 is 1.50 bits per heavy atom. The first-order chi connectivity index (χ1) is 6.56. The van der Waals surface area contributed by atoms with Gasteiger partial charge in [0.25, 0.3) is 0 Å². The maximum Gasteiger partial charge on any atom is 0.142 e. The van der Waals surface area contributed by atoms with Crippen LogP contribution in [0.3, 0.4) is 0 Å². The van der Waals surface area contributed by atoms with Crippen molar-refractivity contribution < 1.29 is 9.50 Å². The third-order valence-corrected chi connectivity index (χ3v) is 2.43. The first kappa shape index (κ1) is 11.4. The minimum atomic E-state index is -0.454. The lowest BCUT2D eigenvalue weighted by molar-refractivity contribution is 0.170. The van der Waals surface area contributed by atoms with Crippen molar-refractivity contribution in [3.63, 3.8) is 0 Å². The fraction of sp³-hybridized carbons (Fsp3) is 0.400. The first-order valence-electron chi connectivity index (χ1n) is 4.28. The highest BCUT2D eigenvalue weighted by Crippen LogP contribution is 2.22. The van der Waals surface area contributed by atoms with Crippen molar-refractivity contribution in [3.8, 4) is 0 Å². The first-order valence-corrected chi connectivity index (χ1v) is 4.66. The second kappa shape index (κ2) is 4.73. The summed E-state index contributed by atoms with van der Waals surface area (Å²) in [4.78, 5) is 1.82. The molecule has 0 aliphatic carbocycles. The number of aliphatic hydroxyl groups excluding tert-OH is 1. The minimum absolute atomic E-state index is 0.0475. The number of rotatable bonds is 3. The van der Waals surface area contributed by atoms with E-state index in [0.717, 1.165) is 5.56 Å². The molecule has 4 heteroatoms. The van der Waals surface area contributed by atoms with E-state index in [4.69, 9.17) is 16.7 Å². The normalized spacial score (nSPS) is 13.3. The summed E-state index contributed by atoms with van der Waals surface area (Å²) in [7, 11) is 3.65. The van der Waals surface area contributed by atoms with Crippen LogP contribution in [0.15, 0.2) is 18.2 Å². The van der Waals surface area contributed by atoms with Crippen LogP contribution in [-0.4, -0.2) is 30.7 Å². The van der Waals surface area contributed by atoms with E-state index in [-0.39, 0.29) is 17.7 Å². The molecule has 1 unspecified atom stereocenters. The molecule has 0 amide bonds. The Labute approximate surface area is 87.9 Å². The highest BCUT2D eigenvalue weighted by molar-refractivity contribution is 6.30. The van der Waals surface area contributed by atoms with Gasteiger partial charge in [-0.2, -0.15) is 0 Å². The van der Waals surface area contributed by atoms with Gasteiger partial charge in [0.2, 0.25) is 0 Å². The molecule has 0 heterocycles. The molecule has 0 aromatic heterocycles. The van der Waals surface area contributed by atoms with Crippen molar-refractivity contribution in [2.45, 2.75) is 6.04 Å². The maximum absolute atomic E-state index is 13.1. The highest BCUT2D eigenvalue weighted by Gasteiger charge is 2.14. The summed E-state index contributed by atoms with van der Waals surface area (Å²) in [5, 5.41) is 9.21. The van der Waals surface area contributed by atoms with Gasteiger partial charge in [-0.05, 0) is 31.8 Å². The van der Waals surface area contributed by atoms with Crippen molar-refractivity contribution in [1.29, 1.82) is 0 Å². The van der Waals surface area contributed by atoms with Crippen LogP contribution in [0, 0.1) is 5.82 Å². The van der Waals surface area contributed by atoms with Gasteiger partial charge in [-0.15, -0.1) is 0 Å². The summed E-state index contributed by atoms with van der Waals surface area (Å²) in [6.07, 6.45) is 0. The Morgan fingerprint density at radius 3 is 2.57 bits per heavy atom. The topological polar surface area (TPSA) is 23.5 Å². The van der Waals surface area contributed by atoms with Gasteiger partial charge in [0.05, 0.1) is 17.7 Å². The summed E-state index contributed by atoms with van der Waals surface area (Å²) in [5.41, 5.74) is 0.722. The summed E-state index contributed by atoms with van der Waals surface area (Å²) in [6, 6.07) is 4.37. The Balaban J connectivity index is 3.00. The van der Waals surface area contributed by atoms with Crippen LogP contribution >= 0.6 is 11.6 Å². The Bertz CT molecular complexity index is 317. The predicted molar refractivity (Wildman–Crippen MR) is 54.9 cm³/mol. The fourth-order valence-electron chi connectivity index (χ4n) is 1.29. The van der Waals surface area contributed by atoms with Crippen molar-refractivity contribution >= 4 is 11.6 Å². The van der Waals surface area contributed by atoms with E-state index in [0.29, 0.717) is 0 Å². The minimum Gasteiger partial charge on any atom is -0.394 e. The van der Waals surface area contributed by atoms with Crippen molar-refractivity contribution in [3.05, 3.63) is 34.6 Å². The average molecular weight is 218 g/mol. The SMILES string of the molecule is CN(C)C(CO)c1ccc(Cl)c(F)c1. The zero-order valence-corrected chi connectivity index (χ0v) is 8.92. The largest absolute Gasteiger partial charge is 0.394 e. The lowest BCUT2D eigenvalue weighted by Gasteiger charge is -2.22. The number of benzene rings is 1. The third-order valence-electron chi connectivity index (χ3n) is 2.12. The van der Waals surface area contributed by atoms with Gasteiger partial charge in [0.1, 0.15) is 5.82 Å². The van der Waals surface area contributed by atoms with Gasteiger partial charge < -0.3 is 10.0 Å². The van der Waals surface area contributed by atoms with E-state index in [1.54, 1.807) is 6.07 Å². The van der Waals surface area contributed by atoms with E-state index >= 15 is 0 Å². The Kier molecular flexibility index (Phi) is 3.86. The molecule has 1 aromatic carbocycles. The van der Waals surface area contributed by atoms with Crippen LogP contribution in [0.1, 0.15) is 11.6 Å². The van der Waals surface area contributed by atoms with Gasteiger partial charge in [0.15, 0.2) is 0 Å². The molecule has 1 aromatic rings. The fourth-order valence-corrected chi connectivity index (χ4v) is 1.40. The predicted octanol–water partition coefficient (Wildman–Crippen LogP) is 2.07. The van der Waals surface area contributed by atoms with Crippen LogP contribution in [0.25, 0.3) is 0 Å². The molecule has 14 heavy (non-hydrogen) atoms. The zero-order valence-electron chi connectivity index (χ0n) is 8.17. The molecule has 0 fully saturated rings. The lowest BCUT2D eigenvalue weighted by atomic mass is 10.1. The van der Waals surface area contributed by atoms with Gasteiger partial charge in [0, 0.05) is 0 Å². The number of halogens is 2. The lowest BCUT2D eigenvalue weighted by Crippen LogP contribution is -2.23. The molecule has 0 saturated heterocycles. The van der Waals surface area contributed by atoms with Crippen molar-refractivity contribution in [1.82, 2.24) is 4.90 Å². The monoisotopic (exact) mass is 217 g/mol. The smallest absolute Gasteiger partial charge is 0.142 e. The second-order valence-corrected chi connectivity index (χ2v) is 3.74. The van der Waals surface area contributed by atoms with E-state index in [1.807, 2.05) is 19.0 Å².